The number of allylic oxidation sites excluding steroid dienone is 7. The molecule has 0 aliphatic heterocycles. The number of quaternary nitrogens is 1. The third-order valence-electron chi connectivity index (χ3n) is 15.5. The molecule has 3 atom stereocenters. The van der Waals surface area contributed by atoms with Gasteiger partial charge in [0.2, 0.25) is 5.91 Å². The van der Waals surface area contributed by atoms with Crippen molar-refractivity contribution in [3.63, 3.8) is 0 Å². The number of nitrogens with zero attached hydrogens (tertiary/aromatic N) is 1. The van der Waals surface area contributed by atoms with Crippen LogP contribution in [-0.4, -0.2) is 69.4 Å². The molecule has 0 saturated heterocycles. The van der Waals surface area contributed by atoms with E-state index in [4.69, 9.17) is 13.8 Å². The van der Waals surface area contributed by atoms with Gasteiger partial charge in [-0.1, -0.05) is 288 Å². The largest absolute Gasteiger partial charge is 0.756 e. The molecule has 0 radical (unpaired) electrons. The molecule has 0 aromatic heterocycles. The molecule has 1 N–H and O–H groups in total. The molecule has 0 rings (SSSR count). The van der Waals surface area contributed by atoms with Crippen LogP contribution in [0.5, 0.6) is 0 Å². The minimum Gasteiger partial charge on any atom is -0.756 e. The molecule has 0 aliphatic rings. The average Bonchev–Trinajstić information content (AvgIpc) is 3.42. The molecule has 0 fully saturated rings. The topological polar surface area (TPSA) is 114 Å². The summed E-state index contributed by atoms with van der Waals surface area (Å²) in [5, 5.41) is 3.03. The van der Waals surface area contributed by atoms with Gasteiger partial charge in [-0.25, -0.2) is 0 Å². The summed E-state index contributed by atoms with van der Waals surface area (Å²) in [5.74, 6) is -0.537. The Morgan fingerprint density at radius 2 is 0.800 bits per heavy atom. The maximum Gasteiger partial charge on any atom is 0.306 e. The molecule has 0 spiro atoms. The SMILES string of the molecule is CC/C=C/C/C=C/CCCCCCCCCC(=O)NC(COP(=O)([O-])OCC[N+](C)(C)C)C(/C=C\CCCCCCCCCCCCC)OC(=O)CCCCCCCCCCCCCCCCCCC/C=C/CCCCCCCC. The lowest BCUT2D eigenvalue weighted by Crippen LogP contribution is -2.47. The van der Waals surface area contributed by atoms with Crippen LogP contribution in [0.3, 0.4) is 0 Å². The molecule has 80 heavy (non-hydrogen) atoms. The quantitative estimate of drug-likeness (QED) is 0.0212. The van der Waals surface area contributed by atoms with Gasteiger partial charge in [-0.2, -0.15) is 0 Å². The summed E-state index contributed by atoms with van der Waals surface area (Å²) in [7, 11) is 1.19. The van der Waals surface area contributed by atoms with Gasteiger partial charge in [0.05, 0.1) is 33.8 Å². The Morgan fingerprint density at radius 3 is 1.20 bits per heavy atom. The first-order valence-electron chi connectivity index (χ1n) is 34.4. The van der Waals surface area contributed by atoms with Crippen LogP contribution in [0, 0.1) is 0 Å². The number of carbonyl (C=O) groups excluding carboxylic acids is 2. The predicted molar refractivity (Wildman–Crippen MR) is 344 cm³/mol. The second kappa shape index (κ2) is 60.1. The van der Waals surface area contributed by atoms with Crippen molar-refractivity contribution in [3.8, 4) is 0 Å². The maximum absolute atomic E-state index is 13.5. The van der Waals surface area contributed by atoms with Crippen molar-refractivity contribution in [2.24, 2.45) is 0 Å². The van der Waals surface area contributed by atoms with E-state index in [1.54, 1.807) is 0 Å². The minimum atomic E-state index is -4.70. The molecule has 0 bridgehead atoms. The zero-order valence-electron chi connectivity index (χ0n) is 53.8. The van der Waals surface area contributed by atoms with Crippen molar-refractivity contribution in [2.45, 2.75) is 348 Å². The van der Waals surface area contributed by atoms with Crippen LogP contribution in [0.25, 0.3) is 0 Å². The molecule has 0 heterocycles. The fourth-order valence-corrected chi connectivity index (χ4v) is 10.9. The Bertz CT molecular complexity index is 1510. The number of phosphoric ester groups is 1. The molecule has 9 nitrogen and oxygen atoms in total. The van der Waals surface area contributed by atoms with E-state index in [0.29, 0.717) is 17.4 Å². The van der Waals surface area contributed by atoms with E-state index in [1.165, 1.54) is 218 Å². The molecule has 0 aliphatic carbocycles. The second-order valence-electron chi connectivity index (χ2n) is 24.6. The fourth-order valence-electron chi connectivity index (χ4n) is 10.2. The Hall–Kier alpha value is -2.03. The standard InChI is InChI=1S/C70H133N2O7P/c1-7-10-13-16-19-22-25-28-30-31-32-33-34-35-36-37-38-39-40-41-42-45-48-51-54-57-60-63-70(74)79-68(61-58-55-52-49-46-43-27-24-21-18-15-12-9-3)67(66-78-80(75,76)77-65-64-72(4,5)6)71-69(73)62-59-56-53-50-47-44-29-26-23-20-17-14-11-8-2/h11,14,20,23,28,30,58,61,67-68H,7-10,12-13,15-19,21-22,24-27,29,31-57,59-60,62-66H2,1-6H3,(H-,71,73,75,76)/b14-11+,23-20+,30-28+,61-58-. The molecular formula is C70H133N2O7P. The number of hydrogen-bond donors (Lipinski definition) is 1. The van der Waals surface area contributed by atoms with Crippen LogP contribution >= 0.6 is 7.82 Å². The van der Waals surface area contributed by atoms with Gasteiger partial charge in [-0.3, -0.25) is 14.2 Å². The van der Waals surface area contributed by atoms with E-state index in [0.717, 1.165) is 83.5 Å². The van der Waals surface area contributed by atoms with Crippen LogP contribution in [0.1, 0.15) is 335 Å². The molecule has 470 valence electrons. The van der Waals surface area contributed by atoms with Crippen molar-refractivity contribution in [1.29, 1.82) is 0 Å². The number of esters is 1. The Balaban J connectivity index is 5.00. The summed E-state index contributed by atoms with van der Waals surface area (Å²) in [6.07, 6.45) is 75.3. The predicted octanol–water partition coefficient (Wildman–Crippen LogP) is 21.0. The summed E-state index contributed by atoms with van der Waals surface area (Å²) in [6, 6.07) is -0.891. The Morgan fingerprint density at radius 1 is 0.450 bits per heavy atom. The number of unbranched alkanes of at least 4 members (excludes halogenated alkanes) is 41. The zero-order chi connectivity index (χ0) is 58.6. The van der Waals surface area contributed by atoms with E-state index in [9.17, 15) is 19.0 Å². The smallest absolute Gasteiger partial charge is 0.306 e. The van der Waals surface area contributed by atoms with E-state index in [1.807, 2.05) is 33.3 Å². The molecule has 10 heteroatoms. The van der Waals surface area contributed by atoms with Crippen molar-refractivity contribution < 1.29 is 37.3 Å². The van der Waals surface area contributed by atoms with Crippen molar-refractivity contribution in [3.05, 3.63) is 48.6 Å². The van der Waals surface area contributed by atoms with Gasteiger partial charge >= 0.3 is 5.97 Å². The van der Waals surface area contributed by atoms with Crippen LogP contribution < -0.4 is 10.2 Å². The van der Waals surface area contributed by atoms with E-state index in [-0.39, 0.29) is 31.5 Å². The zero-order valence-corrected chi connectivity index (χ0v) is 54.7. The first kappa shape index (κ1) is 78.0. The highest BCUT2D eigenvalue weighted by molar-refractivity contribution is 7.45. The van der Waals surface area contributed by atoms with Crippen LogP contribution in [-0.2, 0) is 27.9 Å². The number of rotatable bonds is 63. The average molecular weight is 1150 g/mol. The number of carbonyl (C=O) groups is 2. The lowest BCUT2D eigenvalue weighted by Gasteiger charge is -2.30. The molecule has 0 saturated carbocycles. The molecular weight excluding hydrogens is 1010 g/mol. The maximum atomic E-state index is 13.5. The number of amides is 1. The van der Waals surface area contributed by atoms with Gasteiger partial charge in [0, 0.05) is 12.8 Å². The monoisotopic (exact) mass is 1140 g/mol. The lowest BCUT2D eigenvalue weighted by molar-refractivity contribution is -0.870. The number of hydrogen-bond acceptors (Lipinski definition) is 7. The summed E-state index contributed by atoms with van der Waals surface area (Å²) in [5.41, 5.74) is 0. The third-order valence-corrected chi connectivity index (χ3v) is 16.5. The highest BCUT2D eigenvalue weighted by Crippen LogP contribution is 2.38. The van der Waals surface area contributed by atoms with Gasteiger partial charge in [-0.15, -0.1) is 0 Å². The third kappa shape index (κ3) is 60.6. The number of likely N-dealkylation sites (N-methyl/N-ethyl adjacent to an activating group) is 1. The number of ether oxygens (including phenoxy) is 1. The summed E-state index contributed by atoms with van der Waals surface area (Å²) < 4.78 is 30.4. The highest BCUT2D eigenvalue weighted by Gasteiger charge is 2.27. The normalized spacial score (nSPS) is 13.8. The molecule has 0 aromatic carbocycles. The molecule has 3 unspecified atom stereocenters. The number of phosphoric acid groups is 1. The van der Waals surface area contributed by atoms with Gasteiger partial charge < -0.3 is 28.5 Å². The Kier molecular flexibility index (Phi) is 58.6. The first-order valence-corrected chi connectivity index (χ1v) is 35.9. The van der Waals surface area contributed by atoms with Crippen LogP contribution in [0.2, 0.25) is 0 Å². The van der Waals surface area contributed by atoms with Gasteiger partial charge in [-0.05, 0) is 83.1 Å². The molecule has 1 amide bonds. The highest BCUT2D eigenvalue weighted by atomic mass is 31.2. The van der Waals surface area contributed by atoms with Crippen LogP contribution in [0.4, 0.5) is 0 Å². The lowest BCUT2D eigenvalue weighted by atomic mass is 10.0. The van der Waals surface area contributed by atoms with Crippen molar-refractivity contribution in [1.82, 2.24) is 5.32 Å². The first-order chi connectivity index (χ1) is 38.9. The summed E-state index contributed by atoms with van der Waals surface area (Å²) >= 11 is 0. The summed E-state index contributed by atoms with van der Waals surface area (Å²) in [4.78, 5) is 40.1. The fraction of sp³-hybridized carbons (Fsp3) is 0.857. The second-order valence-corrected chi connectivity index (χ2v) is 26.1. The van der Waals surface area contributed by atoms with E-state index >= 15 is 0 Å². The van der Waals surface area contributed by atoms with Crippen molar-refractivity contribution in [2.75, 3.05) is 40.9 Å². The minimum absolute atomic E-state index is 0.0228. The van der Waals surface area contributed by atoms with E-state index < -0.39 is 20.0 Å². The van der Waals surface area contributed by atoms with Gasteiger partial charge in [0.25, 0.3) is 7.82 Å². The van der Waals surface area contributed by atoms with Crippen molar-refractivity contribution >= 4 is 19.7 Å². The number of nitrogens with one attached hydrogen (secondary N) is 1. The van der Waals surface area contributed by atoms with Gasteiger partial charge in [0.1, 0.15) is 19.3 Å². The Labute approximate surface area is 497 Å². The van der Waals surface area contributed by atoms with E-state index in [2.05, 4.69) is 62.5 Å². The van der Waals surface area contributed by atoms with Gasteiger partial charge in [0.15, 0.2) is 0 Å². The van der Waals surface area contributed by atoms with Crippen LogP contribution in [0.15, 0.2) is 48.6 Å². The molecule has 0 aromatic rings. The summed E-state index contributed by atoms with van der Waals surface area (Å²) in [6.45, 7) is 6.77.